The molecule has 0 aromatic heterocycles. The summed E-state index contributed by atoms with van der Waals surface area (Å²) in [4.78, 5) is 7.64. The van der Waals surface area contributed by atoms with E-state index in [0.717, 1.165) is 29.5 Å². The van der Waals surface area contributed by atoms with Crippen molar-refractivity contribution in [2.75, 3.05) is 19.8 Å². The molecule has 90 valence electrons. The molecule has 1 fully saturated rings. The van der Waals surface area contributed by atoms with Crippen molar-refractivity contribution in [1.82, 2.24) is 0 Å². The second-order valence-corrected chi connectivity index (χ2v) is 21.4. The molecule has 0 radical (unpaired) electrons. The fraction of sp³-hybridized carbons (Fsp3) is 1.00. The molecule has 0 amide bonds. The first-order valence-corrected chi connectivity index (χ1v) is 16.5. The van der Waals surface area contributed by atoms with Crippen LogP contribution >= 0.6 is 0 Å². The van der Waals surface area contributed by atoms with Crippen molar-refractivity contribution in [2.45, 2.75) is 44.4 Å². The molecule has 2 atom stereocenters. The molecule has 1 rings (SSSR count). The molecule has 0 heterocycles. The van der Waals surface area contributed by atoms with Crippen LogP contribution in [0, 0.1) is 5.92 Å². The van der Waals surface area contributed by atoms with Gasteiger partial charge in [0, 0.05) is 0 Å². The van der Waals surface area contributed by atoms with Crippen LogP contribution in [0.3, 0.4) is 0 Å². The third kappa shape index (κ3) is 4.61. The van der Waals surface area contributed by atoms with Crippen molar-refractivity contribution in [3.63, 3.8) is 0 Å². The zero-order chi connectivity index (χ0) is 11.3. The molecule has 1 aliphatic carbocycles. The molecule has 2 nitrogen and oxygen atoms in total. The fourth-order valence-electron chi connectivity index (χ4n) is 2.78. The number of aliphatic hydroxyl groups excluding tert-OH is 1. The normalized spacial score (nSPS) is 27.2. The van der Waals surface area contributed by atoms with Crippen molar-refractivity contribution in [3.05, 3.63) is 0 Å². The Morgan fingerprint density at radius 3 is 2.60 bits per heavy atom. The summed E-state index contributed by atoms with van der Waals surface area (Å²) in [5.74, 6) is 0.833. The SMILES string of the molecule is [CH3][Sn]([CH3])([CH3])[CH]1CCCC1COCCCO. The molecule has 0 spiro atoms. The van der Waals surface area contributed by atoms with Gasteiger partial charge < -0.3 is 0 Å². The number of rotatable bonds is 6. The van der Waals surface area contributed by atoms with Crippen LogP contribution in [0.5, 0.6) is 0 Å². The summed E-state index contributed by atoms with van der Waals surface area (Å²) < 4.78 is 6.68. The summed E-state index contributed by atoms with van der Waals surface area (Å²) in [7, 11) is 0. The van der Waals surface area contributed by atoms with Crippen LogP contribution in [0.15, 0.2) is 0 Å². The number of aliphatic hydroxyl groups is 1. The van der Waals surface area contributed by atoms with Gasteiger partial charge in [-0.1, -0.05) is 0 Å². The molecule has 0 aliphatic heterocycles. The second kappa shape index (κ2) is 6.45. The van der Waals surface area contributed by atoms with E-state index in [9.17, 15) is 0 Å². The summed E-state index contributed by atoms with van der Waals surface area (Å²) >= 11 is -1.70. The fourth-order valence-corrected chi connectivity index (χ4v) is 10.6. The van der Waals surface area contributed by atoms with Crippen LogP contribution in [0.2, 0.25) is 18.8 Å². The number of hydrogen-bond donors (Lipinski definition) is 1. The van der Waals surface area contributed by atoms with Crippen LogP contribution in [0.1, 0.15) is 25.7 Å². The van der Waals surface area contributed by atoms with E-state index in [1.807, 2.05) is 0 Å². The Labute approximate surface area is 98.3 Å². The molecular formula is C12H26O2Sn. The van der Waals surface area contributed by atoms with Gasteiger partial charge in [-0.25, -0.2) is 0 Å². The van der Waals surface area contributed by atoms with Crippen molar-refractivity contribution in [3.8, 4) is 0 Å². The van der Waals surface area contributed by atoms with Gasteiger partial charge in [-0.2, -0.15) is 0 Å². The van der Waals surface area contributed by atoms with E-state index in [1.54, 1.807) is 0 Å². The Kier molecular flexibility index (Phi) is 5.93. The number of hydrogen-bond acceptors (Lipinski definition) is 2. The first-order valence-electron chi connectivity index (χ1n) is 6.24. The topological polar surface area (TPSA) is 29.5 Å². The summed E-state index contributed by atoms with van der Waals surface area (Å²) in [5.41, 5.74) is 0. The van der Waals surface area contributed by atoms with Gasteiger partial charge in [-0.15, -0.1) is 0 Å². The summed E-state index contributed by atoms with van der Waals surface area (Å²) in [5, 5.41) is 8.67. The Morgan fingerprint density at radius 1 is 1.27 bits per heavy atom. The van der Waals surface area contributed by atoms with Gasteiger partial charge >= 0.3 is 98.4 Å². The summed E-state index contributed by atoms with van der Waals surface area (Å²) in [6.45, 7) is 1.94. The van der Waals surface area contributed by atoms with Gasteiger partial charge in [-0.05, 0) is 0 Å². The maximum atomic E-state index is 8.67. The monoisotopic (exact) mass is 322 g/mol. The zero-order valence-electron chi connectivity index (χ0n) is 10.5. The van der Waals surface area contributed by atoms with E-state index in [0.29, 0.717) is 0 Å². The first-order chi connectivity index (χ1) is 7.05. The van der Waals surface area contributed by atoms with E-state index >= 15 is 0 Å². The van der Waals surface area contributed by atoms with Gasteiger partial charge in [0.2, 0.25) is 0 Å². The maximum absolute atomic E-state index is 8.67. The van der Waals surface area contributed by atoms with E-state index in [1.165, 1.54) is 19.3 Å². The summed E-state index contributed by atoms with van der Waals surface area (Å²) in [6.07, 6.45) is 5.02. The van der Waals surface area contributed by atoms with Crippen molar-refractivity contribution in [2.24, 2.45) is 5.92 Å². The Morgan fingerprint density at radius 2 is 2.00 bits per heavy atom. The molecule has 1 aliphatic rings. The Bertz CT molecular complexity index is 177. The van der Waals surface area contributed by atoms with E-state index in [2.05, 4.69) is 14.8 Å². The molecule has 0 saturated heterocycles. The standard InChI is InChI=1S/C9H17O2.3CH3.Sn/c10-6-3-7-11-8-9-4-1-2-5-9;;;;/h4,9-10H,1-3,5-8H2;3*1H3;. The van der Waals surface area contributed by atoms with Gasteiger partial charge in [0.05, 0.1) is 0 Å². The van der Waals surface area contributed by atoms with Gasteiger partial charge in [0.15, 0.2) is 0 Å². The van der Waals surface area contributed by atoms with Gasteiger partial charge in [0.25, 0.3) is 0 Å². The quantitative estimate of drug-likeness (QED) is 0.602. The minimum absolute atomic E-state index is 0.257. The number of ether oxygens (including phenoxy) is 1. The average Bonchev–Trinajstić information content (AvgIpc) is 2.59. The molecule has 1 saturated carbocycles. The predicted molar refractivity (Wildman–Crippen MR) is 67.0 cm³/mol. The molecule has 2 unspecified atom stereocenters. The van der Waals surface area contributed by atoms with Crippen LogP contribution in [-0.2, 0) is 4.74 Å². The van der Waals surface area contributed by atoms with Crippen molar-refractivity contribution < 1.29 is 9.84 Å². The first kappa shape index (κ1) is 13.8. The van der Waals surface area contributed by atoms with Crippen molar-refractivity contribution >= 4 is 18.4 Å². The van der Waals surface area contributed by atoms with Gasteiger partial charge in [-0.3, -0.25) is 0 Å². The van der Waals surface area contributed by atoms with Crippen LogP contribution in [0.4, 0.5) is 0 Å². The van der Waals surface area contributed by atoms with E-state index < -0.39 is 18.4 Å². The average molecular weight is 321 g/mol. The Balaban J connectivity index is 2.28. The molecule has 1 N–H and O–H groups in total. The van der Waals surface area contributed by atoms with E-state index in [-0.39, 0.29) is 6.61 Å². The second-order valence-electron chi connectivity index (χ2n) is 5.82. The van der Waals surface area contributed by atoms with Gasteiger partial charge in [0.1, 0.15) is 0 Å². The minimum atomic E-state index is -1.70. The Hall–Kier alpha value is 0.719. The zero-order valence-corrected chi connectivity index (χ0v) is 13.3. The predicted octanol–water partition coefficient (Wildman–Crippen LogP) is 2.89. The molecular weight excluding hydrogens is 295 g/mol. The van der Waals surface area contributed by atoms with Crippen LogP contribution in [0.25, 0.3) is 0 Å². The van der Waals surface area contributed by atoms with Crippen LogP contribution in [-0.4, -0.2) is 43.3 Å². The molecule has 0 aromatic rings. The molecule has 3 heteroatoms. The summed E-state index contributed by atoms with van der Waals surface area (Å²) in [6, 6.07) is 0. The molecule has 15 heavy (non-hydrogen) atoms. The third-order valence-corrected chi connectivity index (χ3v) is 12.1. The molecule has 0 bridgehead atoms. The van der Waals surface area contributed by atoms with Crippen LogP contribution < -0.4 is 0 Å². The van der Waals surface area contributed by atoms with E-state index in [4.69, 9.17) is 9.84 Å². The molecule has 0 aromatic carbocycles. The third-order valence-electron chi connectivity index (χ3n) is 3.55. The van der Waals surface area contributed by atoms with Crippen molar-refractivity contribution in [1.29, 1.82) is 0 Å².